The molecule has 0 bridgehead atoms. The Morgan fingerprint density at radius 2 is 1.88 bits per heavy atom. The third kappa shape index (κ3) is 3.09. The number of hydrogen-bond donors (Lipinski definition) is 1. The van der Waals surface area contributed by atoms with Crippen LogP contribution in [0.1, 0.15) is 11.5 Å². The maximum atomic E-state index is 13.1. The molecule has 0 radical (unpaired) electrons. The smallest absolute Gasteiger partial charge is 0.377 e. The third-order valence-corrected chi connectivity index (χ3v) is 2.48. The highest BCUT2D eigenvalue weighted by atomic mass is 19.4. The molecule has 1 rings (SSSR count). The number of alkyl halides is 3. The molecule has 0 fully saturated rings. The maximum absolute atomic E-state index is 13.1. The maximum Gasteiger partial charge on any atom is 0.397 e. The topological polar surface area (TPSA) is 29.3 Å². The second-order valence-corrected chi connectivity index (χ2v) is 3.93. The molecule has 0 aliphatic heterocycles. The molecular weight excluding hydrogens is 236 g/mol. The van der Waals surface area contributed by atoms with E-state index < -0.39 is 24.5 Å². The van der Waals surface area contributed by atoms with Crippen LogP contribution in [0.4, 0.5) is 23.2 Å². The summed E-state index contributed by atoms with van der Waals surface area (Å²) in [6.45, 7) is -0.603. The summed E-state index contributed by atoms with van der Waals surface area (Å²) in [6.07, 6.45) is -4.48. The fourth-order valence-corrected chi connectivity index (χ4v) is 1.65. The molecule has 1 aromatic rings. The Morgan fingerprint density at radius 3 is 2.29 bits per heavy atom. The van der Waals surface area contributed by atoms with Crippen molar-refractivity contribution in [3.05, 3.63) is 29.6 Å². The van der Waals surface area contributed by atoms with Crippen LogP contribution >= 0.6 is 0 Å². The summed E-state index contributed by atoms with van der Waals surface area (Å²) in [7, 11) is 3.20. The minimum atomic E-state index is -4.48. The van der Waals surface area contributed by atoms with Gasteiger partial charge in [0.2, 0.25) is 0 Å². The first kappa shape index (κ1) is 13.8. The van der Waals surface area contributed by atoms with E-state index in [1.165, 1.54) is 11.0 Å². The van der Waals surface area contributed by atoms with Gasteiger partial charge in [0, 0.05) is 26.3 Å². The molecule has 0 spiro atoms. The molecule has 0 aromatic heterocycles. The molecule has 1 aromatic carbocycles. The van der Waals surface area contributed by atoms with Gasteiger partial charge in [-0.3, -0.25) is 0 Å². The summed E-state index contributed by atoms with van der Waals surface area (Å²) in [5.41, 5.74) is 5.33. The van der Waals surface area contributed by atoms with Crippen LogP contribution in [-0.2, 0) is 0 Å². The van der Waals surface area contributed by atoms with Crippen molar-refractivity contribution < 1.29 is 17.6 Å². The first-order chi connectivity index (χ1) is 7.77. The van der Waals surface area contributed by atoms with Gasteiger partial charge in [0.05, 0.1) is 5.92 Å². The van der Waals surface area contributed by atoms with Crippen molar-refractivity contribution >= 4 is 5.69 Å². The van der Waals surface area contributed by atoms with Gasteiger partial charge in [-0.1, -0.05) is 0 Å². The first-order valence-electron chi connectivity index (χ1n) is 5.01. The van der Waals surface area contributed by atoms with Crippen molar-refractivity contribution in [2.24, 2.45) is 5.73 Å². The van der Waals surface area contributed by atoms with Crippen molar-refractivity contribution in [1.29, 1.82) is 0 Å². The van der Waals surface area contributed by atoms with Gasteiger partial charge in [-0.25, -0.2) is 4.39 Å². The lowest BCUT2D eigenvalue weighted by Gasteiger charge is -2.25. The zero-order valence-electron chi connectivity index (χ0n) is 9.55. The molecule has 0 saturated heterocycles. The van der Waals surface area contributed by atoms with Crippen LogP contribution in [0.3, 0.4) is 0 Å². The summed E-state index contributed by atoms with van der Waals surface area (Å²) in [5.74, 6) is -2.55. The van der Waals surface area contributed by atoms with E-state index in [-0.39, 0.29) is 5.56 Å². The lowest BCUT2D eigenvalue weighted by Crippen LogP contribution is -2.29. The van der Waals surface area contributed by atoms with E-state index in [1.54, 1.807) is 14.1 Å². The summed E-state index contributed by atoms with van der Waals surface area (Å²) in [6, 6.07) is 3.34. The molecule has 6 heteroatoms. The van der Waals surface area contributed by atoms with Crippen LogP contribution in [0.25, 0.3) is 0 Å². The highest BCUT2D eigenvalue weighted by Gasteiger charge is 2.41. The molecule has 0 aliphatic rings. The van der Waals surface area contributed by atoms with Gasteiger partial charge in [-0.15, -0.1) is 0 Å². The highest BCUT2D eigenvalue weighted by Crippen LogP contribution is 2.38. The second-order valence-electron chi connectivity index (χ2n) is 3.93. The number of nitrogens with zero attached hydrogens (tertiary/aromatic N) is 1. The van der Waals surface area contributed by atoms with Gasteiger partial charge in [0.1, 0.15) is 5.82 Å². The minimum Gasteiger partial charge on any atom is -0.377 e. The van der Waals surface area contributed by atoms with Crippen LogP contribution in [-0.4, -0.2) is 26.8 Å². The van der Waals surface area contributed by atoms with Gasteiger partial charge >= 0.3 is 6.18 Å². The van der Waals surface area contributed by atoms with Gasteiger partial charge in [-0.05, 0) is 23.8 Å². The van der Waals surface area contributed by atoms with Gasteiger partial charge < -0.3 is 10.6 Å². The van der Waals surface area contributed by atoms with Crippen molar-refractivity contribution in [2.45, 2.75) is 12.1 Å². The lowest BCUT2D eigenvalue weighted by molar-refractivity contribution is -0.148. The fraction of sp³-hybridized carbons (Fsp3) is 0.455. The molecule has 1 atom stereocenters. The van der Waals surface area contributed by atoms with Crippen LogP contribution < -0.4 is 10.6 Å². The Balaban J connectivity index is 3.31. The quantitative estimate of drug-likeness (QED) is 0.835. The number of hydrogen-bond acceptors (Lipinski definition) is 2. The predicted molar refractivity (Wildman–Crippen MR) is 58.6 cm³/mol. The molecule has 1 unspecified atom stereocenters. The zero-order chi connectivity index (χ0) is 13.2. The van der Waals surface area contributed by atoms with Gasteiger partial charge in [0.15, 0.2) is 0 Å². The summed E-state index contributed by atoms with van der Waals surface area (Å²) >= 11 is 0. The van der Waals surface area contributed by atoms with Crippen molar-refractivity contribution in [1.82, 2.24) is 0 Å². The third-order valence-electron chi connectivity index (χ3n) is 2.48. The fourth-order valence-electron chi connectivity index (χ4n) is 1.65. The largest absolute Gasteiger partial charge is 0.397 e. The molecular formula is C11H14F4N2. The van der Waals surface area contributed by atoms with Crippen LogP contribution in [0, 0.1) is 5.82 Å². The number of benzene rings is 1. The zero-order valence-corrected chi connectivity index (χ0v) is 9.55. The molecule has 2 nitrogen and oxygen atoms in total. The monoisotopic (exact) mass is 250 g/mol. The van der Waals surface area contributed by atoms with E-state index >= 15 is 0 Å². The first-order valence-corrected chi connectivity index (χ1v) is 5.01. The van der Waals surface area contributed by atoms with E-state index in [4.69, 9.17) is 5.73 Å². The summed E-state index contributed by atoms with van der Waals surface area (Å²) in [5, 5.41) is 0. The number of anilines is 1. The number of rotatable bonds is 3. The molecule has 96 valence electrons. The molecule has 0 heterocycles. The highest BCUT2D eigenvalue weighted by molar-refractivity contribution is 5.54. The molecule has 0 saturated carbocycles. The predicted octanol–water partition coefficient (Wildman–Crippen LogP) is 2.50. The van der Waals surface area contributed by atoms with Crippen LogP contribution in [0.15, 0.2) is 18.2 Å². The molecule has 0 aliphatic carbocycles. The van der Waals surface area contributed by atoms with E-state index in [2.05, 4.69) is 0 Å². The Hall–Kier alpha value is -1.30. The minimum absolute atomic E-state index is 0.134. The van der Waals surface area contributed by atoms with Crippen molar-refractivity contribution in [3.8, 4) is 0 Å². The molecule has 0 amide bonds. The Morgan fingerprint density at radius 1 is 1.29 bits per heavy atom. The van der Waals surface area contributed by atoms with E-state index in [1.807, 2.05) is 0 Å². The Labute approximate surface area is 97.0 Å². The van der Waals surface area contributed by atoms with Gasteiger partial charge in [0.25, 0.3) is 0 Å². The molecule has 2 N–H and O–H groups in total. The normalized spacial score (nSPS) is 13.6. The standard InChI is InChI=1S/C11H14F4N2/c1-17(2)10-4-3-7(12)5-8(10)9(6-16)11(13,14)15/h3-5,9H,6,16H2,1-2H3. The number of nitrogens with two attached hydrogens (primary N) is 1. The SMILES string of the molecule is CN(C)c1ccc(F)cc1C(CN)C(F)(F)F. The Bertz CT molecular complexity index is 388. The van der Waals surface area contributed by atoms with E-state index in [9.17, 15) is 17.6 Å². The number of halogens is 4. The Kier molecular flexibility index (Phi) is 3.98. The van der Waals surface area contributed by atoms with E-state index in [0.717, 1.165) is 12.1 Å². The summed E-state index contributed by atoms with van der Waals surface area (Å²) < 4.78 is 51.3. The van der Waals surface area contributed by atoms with Gasteiger partial charge in [-0.2, -0.15) is 13.2 Å². The van der Waals surface area contributed by atoms with Crippen LogP contribution in [0.2, 0.25) is 0 Å². The summed E-state index contributed by atoms with van der Waals surface area (Å²) in [4.78, 5) is 1.50. The second kappa shape index (κ2) is 4.91. The average Bonchev–Trinajstić information content (AvgIpc) is 2.15. The van der Waals surface area contributed by atoms with Crippen LogP contribution in [0.5, 0.6) is 0 Å². The van der Waals surface area contributed by atoms with E-state index in [0.29, 0.717) is 5.69 Å². The average molecular weight is 250 g/mol. The lowest BCUT2D eigenvalue weighted by atomic mass is 9.96. The van der Waals surface area contributed by atoms with Crippen molar-refractivity contribution in [2.75, 3.05) is 25.5 Å². The molecule has 17 heavy (non-hydrogen) atoms. The van der Waals surface area contributed by atoms with Crippen molar-refractivity contribution in [3.63, 3.8) is 0 Å².